The molecule has 0 bridgehead atoms. The number of benzene rings is 2. The van der Waals surface area contributed by atoms with Gasteiger partial charge in [0.05, 0.1) is 7.11 Å². The quantitative estimate of drug-likeness (QED) is 0.452. The molecule has 0 radical (unpaired) electrons. The molecule has 3 rings (SSSR count). The maximum atomic E-state index is 6.24. The molecular formula is C20H19BrClNO2S. The van der Waals surface area contributed by atoms with Crippen molar-refractivity contribution in [1.29, 1.82) is 0 Å². The zero-order valence-corrected chi connectivity index (χ0v) is 17.5. The van der Waals surface area contributed by atoms with Crippen molar-refractivity contribution in [1.82, 2.24) is 5.32 Å². The summed E-state index contributed by atoms with van der Waals surface area (Å²) in [6.45, 7) is 1.85. The minimum Gasteiger partial charge on any atom is -0.493 e. The molecule has 0 saturated carbocycles. The summed E-state index contributed by atoms with van der Waals surface area (Å²) in [5, 5.41) is 6.24. The third-order valence-corrected chi connectivity index (χ3v) is 5.89. The Morgan fingerprint density at radius 3 is 2.65 bits per heavy atom. The molecule has 1 heterocycles. The second kappa shape index (κ2) is 9.42. The third kappa shape index (κ3) is 4.80. The number of hydrogen-bond donors (Lipinski definition) is 1. The van der Waals surface area contributed by atoms with E-state index in [1.54, 1.807) is 18.4 Å². The molecule has 2 aromatic carbocycles. The summed E-state index contributed by atoms with van der Waals surface area (Å²) in [6, 6.07) is 15.7. The van der Waals surface area contributed by atoms with Crippen molar-refractivity contribution < 1.29 is 9.47 Å². The van der Waals surface area contributed by atoms with E-state index in [2.05, 4.69) is 38.8 Å². The van der Waals surface area contributed by atoms with Gasteiger partial charge in [-0.3, -0.25) is 0 Å². The van der Waals surface area contributed by atoms with Crippen molar-refractivity contribution in [3.05, 3.63) is 79.4 Å². The fourth-order valence-corrected chi connectivity index (χ4v) is 3.87. The van der Waals surface area contributed by atoms with Gasteiger partial charge < -0.3 is 14.8 Å². The molecule has 3 aromatic rings. The zero-order valence-electron chi connectivity index (χ0n) is 14.3. The van der Waals surface area contributed by atoms with Crippen LogP contribution in [0, 0.1) is 0 Å². The van der Waals surface area contributed by atoms with Crippen molar-refractivity contribution in [2.75, 3.05) is 7.11 Å². The van der Waals surface area contributed by atoms with Crippen LogP contribution in [-0.4, -0.2) is 7.11 Å². The van der Waals surface area contributed by atoms with E-state index in [1.807, 2.05) is 36.4 Å². The van der Waals surface area contributed by atoms with Crippen LogP contribution in [0.25, 0.3) is 0 Å². The summed E-state index contributed by atoms with van der Waals surface area (Å²) < 4.78 is 12.6. The van der Waals surface area contributed by atoms with Gasteiger partial charge in [-0.15, -0.1) is 11.3 Å². The summed E-state index contributed by atoms with van der Waals surface area (Å²) in [5.41, 5.74) is 1.96. The van der Waals surface area contributed by atoms with Crippen LogP contribution in [0.4, 0.5) is 0 Å². The van der Waals surface area contributed by atoms with Crippen LogP contribution in [0.2, 0.25) is 5.02 Å². The Kier molecular flexibility index (Phi) is 6.97. The molecule has 1 N–H and O–H groups in total. The van der Waals surface area contributed by atoms with Gasteiger partial charge in [-0.05, 0) is 29.6 Å². The Balaban J connectivity index is 1.77. The largest absolute Gasteiger partial charge is 0.493 e. The third-order valence-electron chi connectivity index (χ3n) is 3.90. The van der Waals surface area contributed by atoms with Crippen LogP contribution in [0.15, 0.2) is 58.4 Å². The van der Waals surface area contributed by atoms with Crippen molar-refractivity contribution in [2.24, 2.45) is 0 Å². The number of halogens is 2. The second-order valence-corrected chi connectivity index (χ2v) is 7.91. The minimum atomic E-state index is 0.379. The van der Waals surface area contributed by atoms with Gasteiger partial charge in [0.25, 0.3) is 0 Å². The average molecular weight is 453 g/mol. The first-order valence-electron chi connectivity index (χ1n) is 8.13. The van der Waals surface area contributed by atoms with E-state index in [0.29, 0.717) is 23.9 Å². The van der Waals surface area contributed by atoms with Crippen LogP contribution >= 0.6 is 38.9 Å². The van der Waals surface area contributed by atoms with Gasteiger partial charge in [0.1, 0.15) is 6.61 Å². The highest BCUT2D eigenvalue weighted by Crippen LogP contribution is 2.37. The highest BCUT2D eigenvalue weighted by Gasteiger charge is 2.15. The molecule has 0 atom stereocenters. The number of nitrogens with one attached hydrogen (secondary N) is 1. The Bertz CT molecular complexity index is 855. The molecule has 26 heavy (non-hydrogen) atoms. The zero-order chi connectivity index (χ0) is 18.4. The molecule has 0 aliphatic rings. The molecule has 0 spiro atoms. The van der Waals surface area contributed by atoms with Crippen LogP contribution in [-0.2, 0) is 19.7 Å². The topological polar surface area (TPSA) is 30.5 Å². The van der Waals surface area contributed by atoms with Crippen LogP contribution in [0.3, 0.4) is 0 Å². The highest BCUT2D eigenvalue weighted by molar-refractivity contribution is 9.10. The summed E-state index contributed by atoms with van der Waals surface area (Å²) in [7, 11) is 1.65. The van der Waals surface area contributed by atoms with Gasteiger partial charge in [0.2, 0.25) is 0 Å². The number of hydrogen-bond acceptors (Lipinski definition) is 4. The molecule has 0 aliphatic heterocycles. The lowest BCUT2D eigenvalue weighted by atomic mass is 10.1. The standard InChI is InChI=1S/C20H19BrClNO2S/c1-24-19-9-8-17(21)16(12-23-11-15-6-4-10-26-15)20(19)25-13-14-5-2-3-7-18(14)22/h2-10,23H,11-13H2,1H3. The van der Waals surface area contributed by atoms with Crippen molar-refractivity contribution >= 4 is 38.9 Å². The Morgan fingerprint density at radius 1 is 1.08 bits per heavy atom. The Morgan fingerprint density at radius 2 is 1.92 bits per heavy atom. The van der Waals surface area contributed by atoms with Gasteiger partial charge in [-0.25, -0.2) is 0 Å². The van der Waals surface area contributed by atoms with Gasteiger partial charge in [0, 0.05) is 38.6 Å². The van der Waals surface area contributed by atoms with E-state index >= 15 is 0 Å². The molecule has 3 nitrogen and oxygen atoms in total. The predicted octanol–water partition coefficient (Wildman–Crippen LogP) is 6.04. The molecule has 0 amide bonds. The van der Waals surface area contributed by atoms with Crippen molar-refractivity contribution in [3.63, 3.8) is 0 Å². The fourth-order valence-electron chi connectivity index (χ4n) is 2.56. The molecule has 0 unspecified atom stereocenters. The summed E-state index contributed by atoms with van der Waals surface area (Å²) in [5.74, 6) is 1.42. The van der Waals surface area contributed by atoms with E-state index in [4.69, 9.17) is 21.1 Å². The Hall–Kier alpha value is -1.53. The van der Waals surface area contributed by atoms with E-state index in [1.165, 1.54) is 4.88 Å². The molecular weight excluding hydrogens is 434 g/mol. The number of ether oxygens (including phenoxy) is 2. The number of methoxy groups -OCH3 is 1. The summed E-state index contributed by atoms with van der Waals surface area (Å²) in [4.78, 5) is 1.29. The number of rotatable bonds is 8. The van der Waals surface area contributed by atoms with Gasteiger partial charge in [0.15, 0.2) is 11.5 Å². The molecule has 0 fully saturated rings. The lowest BCUT2D eigenvalue weighted by molar-refractivity contribution is 0.280. The molecule has 1 aromatic heterocycles. The van der Waals surface area contributed by atoms with E-state index in [9.17, 15) is 0 Å². The minimum absolute atomic E-state index is 0.379. The molecule has 136 valence electrons. The van der Waals surface area contributed by atoms with E-state index < -0.39 is 0 Å². The highest BCUT2D eigenvalue weighted by atomic mass is 79.9. The lowest BCUT2D eigenvalue weighted by Gasteiger charge is -2.17. The number of thiophene rings is 1. The average Bonchev–Trinajstić information content (AvgIpc) is 3.16. The SMILES string of the molecule is COc1ccc(Br)c(CNCc2cccs2)c1OCc1ccccc1Cl. The first-order valence-corrected chi connectivity index (χ1v) is 10.2. The van der Waals surface area contributed by atoms with Crippen molar-refractivity contribution in [2.45, 2.75) is 19.7 Å². The van der Waals surface area contributed by atoms with Gasteiger partial charge >= 0.3 is 0 Å². The van der Waals surface area contributed by atoms with Gasteiger partial charge in [-0.1, -0.05) is 51.8 Å². The fraction of sp³-hybridized carbons (Fsp3) is 0.200. The summed E-state index contributed by atoms with van der Waals surface area (Å²) >= 11 is 11.6. The smallest absolute Gasteiger partial charge is 0.167 e. The van der Waals surface area contributed by atoms with Crippen molar-refractivity contribution in [3.8, 4) is 11.5 Å². The van der Waals surface area contributed by atoms with Gasteiger partial charge in [-0.2, -0.15) is 0 Å². The van der Waals surface area contributed by atoms with E-state index in [-0.39, 0.29) is 0 Å². The normalized spacial score (nSPS) is 10.7. The van der Waals surface area contributed by atoms with Crippen LogP contribution in [0.1, 0.15) is 16.0 Å². The Labute approximate surface area is 171 Å². The molecule has 0 aliphatic carbocycles. The predicted molar refractivity (Wildman–Crippen MR) is 111 cm³/mol. The maximum absolute atomic E-state index is 6.24. The molecule has 0 saturated heterocycles. The molecule has 6 heteroatoms. The maximum Gasteiger partial charge on any atom is 0.167 e. The first-order chi connectivity index (χ1) is 12.7. The van der Waals surface area contributed by atoms with Crippen LogP contribution < -0.4 is 14.8 Å². The second-order valence-electron chi connectivity index (χ2n) is 5.62. The monoisotopic (exact) mass is 451 g/mol. The lowest BCUT2D eigenvalue weighted by Crippen LogP contribution is -2.14. The first kappa shape index (κ1) is 19.2. The summed E-state index contributed by atoms with van der Waals surface area (Å²) in [6.07, 6.45) is 0. The van der Waals surface area contributed by atoms with Crippen LogP contribution in [0.5, 0.6) is 11.5 Å². The van der Waals surface area contributed by atoms with E-state index in [0.717, 1.165) is 27.9 Å².